The molecule has 2 aromatic carbocycles. The molecule has 0 radical (unpaired) electrons. The molecule has 28 heavy (non-hydrogen) atoms. The standard InChI is InChI=1S/C23H24N2O2S/c1-2-20(23(26)27)18(10-8-9-15-24-19-11-4-3-5-12-19)16-25-17-28-22-14-7-6-13-21(22)25/h3-15,17-18,20,24H,2,16H2,1H3/p+1. The van der Waals surface area contributed by atoms with Crippen molar-refractivity contribution in [2.45, 2.75) is 19.9 Å². The third-order valence-electron chi connectivity index (χ3n) is 4.75. The Kier molecular flexibility index (Phi) is 6.98. The number of carboxylic acid groups (broad SMARTS) is 1. The molecular weight excluding hydrogens is 368 g/mol. The van der Waals surface area contributed by atoms with Crippen LogP contribution >= 0.6 is 11.3 Å². The fraction of sp³-hybridized carbons (Fsp3) is 0.217. The summed E-state index contributed by atoms with van der Waals surface area (Å²) in [6.45, 7) is 2.58. The summed E-state index contributed by atoms with van der Waals surface area (Å²) in [4.78, 5) is 11.8. The lowest BCUT2D eigenvalue weighted by molar-refractivity contribution is -0.673. The van der Waals surface area contributed by atoms with Crippen LogP contribution < -0.4 is 9.88 Å². The molecule has 0 aliphatic rings. The molecular formula is C23H25N2O2S+. The molecule has 144 valence electrons. The number of anilines is 1. The number of nitrogens with zero attached hydrogens (tertiary/aromatic N) is 1. The van der Waals surface area contributed by atoms with E-state index in [1.807, 2.05) is 73.8 Å². The fourth-order valence-corrected chi connectivity index (χ4v) is 4.17. The van der Waals surface area contributed by atoms with Crippen LogP contribution in [0.15, 0.2) is 84.5 Å². The molecule has 0 saturated heterocycles. The van der Waals surface area contributed by atoms with Gasteiger partial charge in [-0.25, -0.2) is 0 Å². The largest absolute Gasteiger partial charge is 0.481 e. The van der Waals surface area contributed by atoms with Crippen LogP contribution in [-0.4, -0.2) is 11.1 Å². The molecule has 1 heterocycles. The van der Waals surface area contributed by atoms with E-state index in [9.17, 15) is 9.90 Å². The van der Waals surface area contributed by atoms with Gasteiger partial charge in [-0.2, -0.15) is 4.57 Å². The van der Waals surface area contributed by atoms with Gasteiger partial charge in [-0.05, 0) is 30.7 Å². The molecule has 3 aromatic rings. The fourth-order valence-electron chi connectivity index (χ4n) is 3.26. The Labute approximate surface area is 169 Å². The first kappa shape index (κ1) is 19.8. The quantitative estimate of drug-likeness (QED) is 0.393. The second kappa shape index (κ2) is 9.85. The van der Waals surface area contributed by atoms with Gasteiger partial charge in [0, 0.05) is 23.9 Å². The molecule has 4 nitrogen and oxygen atoms in total. The first-order valence-corrected chi connectivity index (χ1v) is 10.3. The predicted molar refractivity (Wildman–Crippen MR) is 115 cm³/mol. The Morgan fingerprint density at radius 3 is 2.64 bits per heavy atom. The highest BCUT2D eigenvalue weighted by Gasteiger charge is 2.28. The first-order chi connectivity index (χ1) is 13.7. The maximum absolute atomic E-state index is 11.8. The van der Waals surface area contributed by atoms with Crippen LogP contribution in [0.25, 0.3) is 10.2 Å². The minimum atomic E-state index is -0.747. The first-order valence-electron chi connectivity index (χ1n) is 9.42. The van der Waals surface area contributed by atoms with E-state index in [2.05, 4.69) is 27.5 Å². The van der Waals surface area contributed by atoms with Gasteiger partial charge in [-0.1, -0.05) is 60.7 Å². The van der Waals surface area contributed by atoms with Crippen molar-refractivity contribution >= 4 is 33.2 Å². The highest BCUT2D eigenvalue weighted by molar-refractivity contribution is 7.16. The molecule has 0 amide bonds. The highest BCUT2D eigenvalue weighted by atomic mass is 32.1. The number of nitrogens with one attached hydrogen (secondary N) is 1. The number of hydrogen-bond donors (Lipinski definition) is 2. The molecule has 0 fully saturated rings. The van der Waals surface area contributed by atoms with Gasteiger partial charge in [-0.3, -0.25) is 4.79 Å². The Morgan fingerprint density at radius 1 is 1.14 bits per heavy atom. The zero-order valence-electron chi connectivity index (χ0n) is 15.9. The average molecular weight is 394 g/mol. The third-order valence-corrected chi connectivity index (χ3v) is 5.71. The van der Waals surface area contributed by atoms with E-state index >= 15 is 0 Å². The summed E-state index contributed by atoms with van der Waals surface area (Å²) < 4.78 is 3.37. The number of rotatable bonds is 9. The number of aromatic nitrogens is 1. The number of hydrogen-bond acceptors (Lipinski definition) is 3. The van der Waals surface area contributed by atoms with E-state index in [1.54, 1.807) is 11.3 Å². The van der Waals surface area contributed by atoms with E-state index < -0.39 is 11.9 Å². The number of carbonyl (C=O) groups is 1. The van der Waals surface area contributed by atoms with Gasteiger partial charge in [0.1, 0.15) is 4.70 Å². The van der Waals surface area contributed by atoms with Crippen LogP contribution in [0, 0.1) is 11.8 Å². The van der Waals surface area contributed by atoms with Gasteiger partial charge in [0.05, 0.1) is 5.92 Å². The van der Waals surface area contributed by atoms with Crippen molar-refractivity contribution in [2.75, 3.05) is 5.32 Å². The van der Waals surface area contributed by atoms with E-state index in [-0.39, 0.29) is 5.92 Å². The van der Waals surface area contributed by atoms with Crippen molar-refractivity contribution in [1.29, 1.82) is 0 Å². The lowest BCUT2D eigenvalue weighted by atomic mass is 9.89. The van der Waals surface area contributed by atoms with E-state index in [4.69, 9.17) is 0 Å². The average Bonchev–Trinajstić information content (AvgIpc) is 3.11. The van der Waals surface area contributed by atoms with Crippen molar-refractivity contribution in [3.05, 3.63) is 84.5 Å². The molecule has 0 spiro atoms. The number of thiazole rings is 1. The second-order valence-electron chi connectivity index (χ2n) is 6.61. The number of benzene rings is 2. The smallest absolute Gasteiger partial charge is 0.307 e. The minimum absolute atomic E-state index is 0.0909. The molecule has 0 bridgehead atoms. The van der Waals surface area contributed by atoms with E-state index in [0.717, 1.165) is 11.2 Å². The molecule has 1 aromatic heterocycles. The number of aliphatic carboxylic acids is 1. The van der Waals surface area contributed by atoms with Crippen molar-refractivity contribution in [2.24, 2.45) is 11.8 Å². The summed E-state index contributed by atoms with van der Waals surface area (Å²) in [5, 5.41) is 12.9. The zero-order chi connectivity index (χ0) is 19.8. The summed E-state index contributed by atoms with van der Waals surface area (Å²) in [5.74, 6) is -1.26. The maximum atomic E-state index is 11.8. The summed E-state index contributed by atoms with van der Waals surface area (Å²) >= 11 is 1.68. The zero-order valence-corrected chi connectivity index (χ0v) is 16.7. The normalized spacial score (nSPS) is 13.9. The highest BCUT2D eigenvalue weighted by Crippen LogP contribution is 2.21. The Morgan fingerprint density at radius 2 is 1.89 bits per heavy atom. The number of fused-ring (bicyclic) bond motifs is 1. The Bertz CT molecular complexity index is 963. The van der Waals surface area contributed by atoms with Crippen molar-refractivity contribution in [3.63, 3.8) is 0 Å². The van der Waals surface area contributed by atoms with Crippen molar-refractivity contribution < 1.29 is 14.5 Å². The van der Waals surface area contributed by atoms with Crippen LogP contribution in [0.3, 0.4) is 0 Å². The second-order valence-corrected chi connectivity index (χ2v) is 7.50. The topological polar surface area (TPSA) is 53.2 Å². The summed E-state index contributed by atoms with van der Waals surface area (Å²) in [7, 11) is 0. The lowest BCUT2D eigenvalue weighted by Crippen LogP contribution is -2.39. The van der Waals surface area contributed by atoms with Crippen LogP contribution in [0.5, 0.6) is 0 Å². The van der Waals surface area contributed by atoms with Crippen LogP contribution in [0.2, 0.25) is 0 Å². The van der Waals surface area contributed by atoms with Gasteiger partial charge in [0.25, 0.3) is 0 Å². The van der Waals surface area contributed by atoms with E-state index in [1.165, 1.54) is 4.70 Å². The van der Waals surface area contributed by atoms with Crippen LogP contribution in [0.1, 0.15) is 13.3 Å². The molecule has 0 aliphatic heterocycles. The summed E-state index contributed by atoms with van der Waals surface area (Å²) in [6, 6.07) is 18.1. The van der Waals surface area contributed by atoms with Gasteiger partial charge in [-0.15, -0.1) is 0 Å². The van der Waals surface area contributed by atoms with Gasteiger partial charge >= 0.3 is 5.97 Å². The molecule has 5 heteroatoms. The minimum Gasteiger partial charge on any atom is -0.481 e. The third kappa shape index (κ3) is 5.08. The predicted octanol–water partition coefficient (Wildman–Crippen LogP) is 5.10. The van der Waals surface area contributed by atoms with Gasteiger partial charge < -0.3 is 10.4 Å². The molecule has 2 N–H and O–H groups in total. The number of carboxylic acids is 1. The molecule has 3 rings (SSSR count). The Hall–Kier alpha value is -2.92. The molecule has 2 atom stereocenters. The van der Waals surface area contributed by atoms with E-state index in [0.29, 0.717) is 13.0 Å². The maximum Gasteiger partial charge on any atom is 0.307 e. The van der Waals surface area contributed by atoms with Crippen molar-refractivity contribution in [3.8, 4) is 0 Å². The Balaban J connectivity index is 1.74. The van der Waals surface area contributed by atoms with Crippen LogP contribution in [0.4, 0.5) is 5.69 Å². The van der Waals surface area contributed by atoms with Gasteiger partial charge in [0.2, 0.25) is 11.0 Å². The van der Waals surface area contributed by atoms with Gasteiger partial charge in [0.15, 0.2) is 6.54 Å². The lowest BCUT2D eigenvalue weighted by Gasteiger charge is -2.16. The summed E-state index contributed by atoms with van der Waals surface area (Å²) in [6.07, 6.45) is 8.30. The summed E-state index contributed by atoms with van der Waals surface area (Å²) in [5.41, 5.74) is 4.24. The molecule has 0 saturated carbocycles. The molecule has 2 unspecified atom stereocenters. The number of allylic oxidation sites excluding steroid dienone is 3. The van der Waals surface area contributed by atoms with Crippen molar-refractivity contribution in [1.82, 2.24) is 0 Å². The number of para-hydroxylation sites is 2. The van der Waals surface area contributed by atoms with Crippen LogP contribution in [-0.2, 0) is 11.3 Å². The monoisotopic (exact) mass is 393 g/mol. The SMILES string of the molecule is CCC(C(=O)O)C(C=CC=CNc1ccccc1)C[n+]1csc2ccccc21. The molecule has 0 aliphatic carbocycles.